The molecule has 0 unspecified atom stereocenters. The average Bonchev–Trinajstić information content (AvgIpc) is 2.78. The zero-order chi connectivity index (χ0) is 12.1. The van der Waals surface area contributed by atoms with Crippen molar-refractivity contribution < 1.29 is 14.6 Å². The third-order valence-electron chi connectivity index (χ3n) is 2.96. The van der Waals surface area contributed by atoms with Gasteiger partial charge in [-0.05, 0) is 12.8 Å². The van der Waals surface area contributed by atoms with Gasteiger partial charge in [-0.3, -0.25) is 0 Å². The van der Waals surface area contributed by atoms with Crippen molar-refractivity contribution in [3.63, 3.8) is 0 Å². The van der Waals surface area contributed by atoms with Crippen LogP contribution >= 0.6 is 0 Å². The second-order valence-corrected chi connectivity index (χ2v) is 4.10. The first-order valence-corrected chi connectivity index (χ1v) is 5.83. The zero-order valence-electron chi connectivity index (χ0n) is 9.63. The van der Waals surface area contributed by atoms with E-state index in [1.807, 2.05) is 10.8 Å². The summed E-state index contributed by atoms with van der Waals surface area (Å²) in [6.07, 6.45) is 4.66. The van der Waals surface area contributed by atoms with Crippen LogP contribution in [0.2, 0.25) is 0 Å². The molecule has 6 nitrogen and oxygen atoms in total. The zero-order valence-corrected chi connectivity index (χ0v) is 9.63. The van der Waals surface area contributed by atoms with E-state index in [0.717, 1.165) is 31.9 Å². The van der Waals surface area contributed by atoms with E-state index in [2.05, 4.69) is 10.3 Å². The molecule has 0 atom stereocenters. The van der Waals surface area contributed by atoms with E-state index in [0.29, 0.717) is 19.0 Å². The summed E-state index contributed by atoms with van der Waals surface area (Å²) in [6, 6.07) is 0. The van der Waals surface area contributed by atoms with Crippen molar-refractivity contribution >= 4 is 6.09 Å². The largest absolute Gasteiger partial charge is 0.465 e. The number of rotatable bonds is 4. The number of carbonyl (C=O) groups is 1. The normalized spacial score (nSPS) is 16.9. The quantitative estimate of drug-likeness (QED) is 0.823. The molecule has 17 heavy (non-hydrogen) atoms. The van der Waals surface area contributed by atoms with Crippen LogP contribution in [0.1, 0.15) is 24.6 Å². The van der Waals surface area contributed by atoms with Crippen LogP contribution in [0, 0.1) is 0 Å². The van der Waals surface area contributed by atoms with Gasteiger partial charge in [-0.1, -0.05) is 0 Å². The van der Waals surface area contributed by atoms with E-state index in [1.54, 1.807) is 6.20 Å². The molecule has 1 aliphatic rings. The molecule has 0 radical (unpaired) electrons. The smallest absolute Gasteiger partial charge is 0.404 e. The van der Waals surface area contributed by atoms with E-state index in [9.17, 15) is 4.79 Å². The maximum Gasteiger partial charge on any atom is 0.404 e. The molecule has 0 bridgehead atoms. The number of imidazole rings is 1. The number of aromatic nitrogens is 2. The van der Waals surface area contributed by atoms with Crippen LogP contribution in [0.15, 0.2) is 12.4 Å². The number of hydrogen-bond donors (Lipinski definition) is 2. The number of hydrogen-bond acceptors (Lipinski definition) is 3. The highest BCUT2D eigenvalue weighted by atomic mass is 16.5. The van der Waals surface area contributed by atoms with Gasteiger partial charge < -0.3 is 19.7 Å². The maximum absolute atomic E-state index is 10.4. The number of ether oxygens (including phenoxy) is 1. The van der Waals surface area contributed by atoms with E-state index >= 15 is 0 Å². The Balaban J connectivity index is 1.93. The van der Waals surface area contributed by atoms with Crippen molar-refractivity contribution in [2.75, 3.05) is 19.8 Å². The molecule has 1 aromatic heterocycles. The summed E-state index contributed by atoms with van der Waals surface area (Å²) in [6.45, 7) is 2.59. The lowest BCUT2D eigenvalue weighted by molar-refractivity contribution is 0.0828. The number of carboxylic acid groups (broad SMARTS) is 1. The van der Waals surface area contributed by atoms with Crippen LogP contribution in [0.25, 0.3) is 0 Å². The Morgan fingerprint density at radius 1 is 1.59 bits per heavy atom. The molecule has 6 heteroatoms. The topological polar surface area (TPSA) is 76.4 Å². The third-order valence-corrected chi connectivity index (χ3v) is 2.96. The van der Waals surface area contributed by atoms with Crippen molar-refractivity contribution in [1.82, 2.24) is 14.9 Å². The van der Waals surface area contributed by atoms with E-state index in [4.69, 9.17) is 9.84 Å². The molecular formula is C11H17N3O3. The molecule has 0 saturated carbocycles. The predicted molar refractivity (Wildman–Crippen MR) is 61.0 cm³/mol. The van der Waals surface area contributed by atoms with E-state index in [-0.39, 0.29) is 0 Å². The summed E-state index contributed by atoms with van der Waals surface area (Å²) in [5.74, 6) is 1.48. The second kappa shape index (κ2) is 5.67. The van der Waals surface area contributed by atoms with Crippen molar-refractivity contribution in [1.29, 1.82) is 0 Å². The third kappa shape index (κ3) is 3.20. The fourth-order valence-electron chi connectivity index (χ4n) is 2.11. The van der Waals surface area contributed by atoms with Crippen LogP contribution < -0.4 is 5.32 Å². The molecule has 2 rings (SSSR count). The lowest BCUT2D eigenvalue weighted by Gasteiger charge is -2.22. The van der Waals surface area contributed by atoms with Crippen LogP contribution in [0.5, 0.6) is 0 Å². The molecule has 94 valence electrons. The average molecular weight is 239 g/mol. The van der Waals surface area contributed by atoms with Crippen molar-refractivity contribution in [3.05, 3.63) is 18.2 Å². The monoisotopic (exact) mass is 239 g/mol. The van der Waals surface area contributed by atoms with Crippen molar-refractivity contribution in [3.8, 4) is 0 Å². The molecule has 1 aromatic rings. The summed E-state index contributed by atoms with van der Waals surface area (Å²) >= 11 is 0. The van der Waals surface area contributed by atoms with Gasteiger partial charge in [-0.2, -0.15) is 0 Å². The highest BCUT2D eigenvalue weighted by molar-refractivity contribution is 5.64. The van der Waals surface area contributed by atoms with Crippen LogP contribution in [-0.2, 0) is 11.3 Å². The van der Waals surface area contributed by atoms with Gasteiger partial charge in [0.1, 0.15) is 5.82 Å². The number of amides is 1. The fourth-order valence-corrected chi connectivity index (χ4v) is 2.11. The Morgan fingerprint density at radius 3 is 3.06 bits per heavy atom. The molecule has 1 aliphatic heterocycles. The summed E-state index contributed by atoms with van der Waals surface area (Å²) in [5, 5.41) is 10.9. The molecule has 1 fully saturated rings. The first-order chi connectivity index (χ1) is 8.27. The van der Waals surface area contributed by atoms with Gasteiger partial charge in [0.05, 0.1) is 0 Å². The van der Waals surface area contributed by atoms with Crippen molar-refractivity contribution in [2.45, 2.75) is 25.3 Å². The van der Waals surface area contributed by atoms with Gasteiger partial charge >= 0.3 is 6.09 Å². The van der Waals surface area contributed by atoms with Gasteiger partial charge in [0.25, 0.3) is 0 Å². The Labute approximate surface area is 99.6 Å². The maximum atomic E-state index is 10.4. The molecule has 0 aliphatic carbocycles. The SMILES string of the molecule is O=C(O)NCCn1ccnc1C1CCOCC1. The Kier molecular flexibility index (Phi) is 3.98. The highest BCUT2D eigenvalue weighted by Crippen LogP contribution is 2.25. The van der Waals surface area contributed by atoms with E-state index < -0.39 is 6.09 Å². The molecule has 1 saturated heterocycles. The second-order valence-electron chi connectivity index (χ2n) is 4.10. The predicted octanol–water partition coefficient (Wildman–Crippen LogP) is 1.04. The summed E-state index contributed by atoms with van der Waals surface area (Å²) in [5.41, 5.74) is 0. The first-order valence-electron chi connectivity index (χ1n) is 5.83. The lowest BCUT2D eigenvalue weighted by Crippen LogP contribution is -2.26. The van der Waals surface area contributed by atoms with Crippen molar-refractivity contribution in [2.24, 2.45) is 0 Å². The molecule has 2 heterocycles. The fraction of sp³-hybridized carbons (Fsp3) is 0.636. The summed E-state index contributed by atoms with van der Waals surface area (Å²) < 4.78 is 7.34. The number of nitrogens with one attached hydrogen (secondary N) is 1. The van der Waals surface area contributed by atoms with Gasteiger partial charge in [0.2, 0.25) is 0 Å². The van der Waals surface area contributed by atoms with Crippen LogP contribution in [-0.4, -0.2) is 40.5 Å². The van der Waals surface area contributed by atoms with Gasteiger partial charge in [-0.25, -0.2) is 9.78 Å². The lowest BCUT2D eigenvalue weighted by atomic mass is 9.99. The molecule has 2 N–H and O–H groups in total. The molecule has 0 spiro atoms. The molecule has 1 amide bonds. The Hall–Kier alpha value is -1.56. The minimum Gasteiger partial charge on any atom is -0.465 e. The Bertz CT molecular complexity index is 372. The van der Waals surface area contributed by atoms with Gasteiger partial charge in [-0.15, -0.1) is 0 Å². The standard InChI is InChI=1S/C11H17N3O3/c15-11(16)13-4-6-14-5-3-12-10(14)9-1-7-17-8-2-9/h3,5,9,13H,1-2,4,6-8H2,(H,15,16). The molecule has 0 aromatic carbocycles. The minimum absolute atomic E-state index is 0.405. The Morgan fingerprint density at radius 2 is 2.35 bits per heavy atom. The van der Waals surface area contributed by atoms with Crippen LogP contribution in [0.3, 0.4) is 0 Å². The van der Waals surface area contributed by atoms with Gasteiger partial charge in [0, 0.05) is 44.6 Å². The highest BCUT2D eigenvalue weighted by Gasteiger charge is 2.20. The first kappa shape index (κ1) is 11.9. The number of nitrogens with zero attached hydrogens (tertiary/aromatic N) is 2. The van der Waals surface area contributed by atoms with Gasteiger partial charge in [0.15, 0.2) is 0 Å². The minimum atomic E-state index is -0.988. The molecular weight excluding hydrogens is 222 g/mol. The summed E-state index contributed by atoms with van der Waals surface area (Å²) in [4.78, 5) is 14.7. The van der Waals surface area contributed by atoms with E-state index in [1.165, 1.54) is 0 Å². The van der Waals surface area contributed by atoms with Crippen LogP contribution in [0.4, 0.5) is 4.79 Å². The summed E-state index contributed by atoms with van der Waals surface area (Å²) in [7, 11) is 0.